The Bertz CT molecular complexity index is 1080. The van der Waals surface area contributed by atoms with Gasteiger partial charge in [-0.15, -0.1) is 0 Å². The number of carbonyl (C=O) groups excluding carboxylic acids is 1. The molecule has 0 spiro atoms. The first kappa shape index (κ1) is 23.5. The molecule has 3 aromatic rings. The Morgan fingerprint density at radius 3 is 2.53 bits per heavy atom. The fraction of sp³-hybridized carbons (Fsp3) is 0.348. The molecule has 9 heteroatoms. The number of alkyl halides is 3. The van der Waals surface area contributed by atoms with E-state index in [4.69, 9.17) is 11.5 Å². The van der Waals surface area contributed by atoms with Gasteiger partial charge in [0.2, 0.25) is 5.91 Å². The van der Waals surface area contributed by atoms with Gasteiger partial charge in [0.25, 0.3) is 0 Å². The van der Waals surface area contributed by atoms with E-state index in [-0.39, 0.29) is 30.1 Å². The van der Waals surface area contributed by atoms with Crippen molar-refractivity contribution in [3.05, 3.63) is 59.8 Å². The molecule has 0 saturated heterocycles. The van der Waals surface area contributed by atoms with Crippen LogP contribution >= 0.6 is 0 Å². The van der Waals surface area contributed by atoms with Crippen LogP contribution in [0.1, 0.15) is 25.0 Å². The second-order valence-electron chi connectivity index (χ2n) is 8.21. The van der Waals surface area contributed by atoms with Crippen molar-refractivity contribution in [3.8, 4) is 0 Å². The van der Waals surface area contributed by atoms with Gasteiger partial charge in [-0.3, -0.25) is 4.79 Å². The normalized spacial score (nSPS) is 13.8. The Labute approximate surface area is 184 Å². The summed E-state index contributed by atoms with van der Waals surface area (Å²) in [5.74, 6) is -0.232. The van der Waals surface area contributed by atoms with Gasteiger partial charge in [0.1, 0.15) is 0 Å². The Morgan fingerprint density at radius 1 is 1.16 bits per heavy atom. The zero-order chi connectivity index (χ0) is 23.5. The summed E-state index contributed by atoms with van der Waals surface area (Å²) in [6.07, 6.45) is -2.23. The van der Waals surface area contributed by atoms with Crippen LogP contribution in [0.25, 0.3) is 10.9 Å². The molecule has 0 fully saturated rings. The number of carbonyl (C=O) groups is 1. The average Bonchev–Trinajstić information content (AvgIpc) is 3.13. The molecule has 7 N–H and O–H groups in total. The van der Waals surface area contributed by atoms with Crippen molar-refractivity contribution < 1.29 is 18.0 Å². The molecule has 1 heterocycles. The summed E-state index contributed by atoms with van der Waals surface area (Å²) >= 11 is 0. The van der Waals surface area contributed by atoms with E-state index in [2.05, 4.69) is 15.6 Å². The largest absolute Gasteiger partial charge is 0.416 e. The molecule has 1 amide bonds. The number of hydrogen-bond acceptors (Lipinski definition) is 4. The van der Waals surface area contributed by atoms with E-state index in [9.17, 15) is 18.0 Å². The van der Waals surface area contributed by atoms with Gasteiger partial charge in [-0.1, -0.05) is 32.0 Å². The zero-order valence-corrected chi connectivity index (χ0v) is 18.0. The molecule has 2 aromatic carbocycles. The summed E-state index contributed by atoms with van der Waals surface area (Å²) in [6, 6.07) is 9.97. The van der Waals surface area contributed by atoms with Gasteiger partial charge in [-0.2, -0.15) is 13.2 Å². The lowest BCUT2D eigenvalue weighted by atomic mass is 10.0. The maximum atomic E-state index is 12.9. The van der Waals surface area contributed by atoms with Crippen LogP contribution < -0.4 is 22.1 Å². The number of benzene rings is 2. The molecule has 2 atom stereocenters. The van der Waals surface area contributed by atoms with Gasteiger partial charge in [-0.25, -0.2) is 0 Å². The fourth-order valence-corrected chi connectivity index (χ4v) is 3.50. The summed E-state index contributed by atoms with van der Waals surface area (Å²) in [4.78, 5) is 15.7. The number of aromatic amines is 1. The molecule has 0 saturated carbocycles. The number of para-hydroxylation sites is 1. The van der Waals surface area contributed by atoms with Gasteiger partial charge in [-0.05, 0) is 42.2 Å². The molecule has 0 aliphatic rings. The van der Waals surface area contributed by atoms with Gasteiger partial charge >= 0.3 is 6.18 Å². The van der Waals surface area contributed by atoms with E-state index in [1.165, 1.54) is 6.07 Å². The maximum absolute atomic E-state index is 12.9. The highest BCUT2D eigenvalue weighted by atomic mass is 19.4. The third-order valence-corrected chi connectivity index (χ3v) is 5.47. The Balaban J connectivity index is 1.61. The summed E-state index contributed by atoms with van der Waals surface area (Å²) < 4.78 is 38.6. The number of amides is 1. The number of rotatable bonds is 8. The first-order valence-electron chi connectivity index (χ1n) is 10.4. The first-order valence-corrected chi connectivity index (χ1v) is 10.4. The van der Waals surface area contributed by atoms with Crippen molar-refractivity contribution in [2.24, 2.45) is 11.7 Å². The van der Waals surface area contributed by atoms with Crippen LogP contribution in [0.5, 0.6) is 0 Å². The van der Waals surface area contributed by atoms with Crippen LogP contribution in [0, 0.1) is 5.92 Å². The van der Waals surface area contributed by atoms with Crippen molar-refractivity contribution in [2.75, 3.05) is 17.6 Å². The third-order valence-electron chi connectivity index (χ3n) is 5.47. The van der Waals surface area contributed by atoms with Crippen molar-refractivity contribution in [1.29, 1.82) is 0 Å². The minimum Gasteiger partial charge on any atom is -0.397 e. The van der Waals surface area contributed by atoms with Crippen molar-refractivity contribution in [1.82, 2.24) is 10.3 Å². The molecule has 3 rings (SSSR count). The summed E-state index contributed by atoms with van der Waals surface area (Å²) in [7, 11) is 0. The van der Waals surface area contributed by atoms with Crippen LogP contribution in [-0.4, -0.2) is 29.5 Å². The second-order valence-corrected chi connectivity index (χ2v) is 8.21. The smallest absolute Gasteiger partial charge is 0.397 e. The van der Waals surface area contributed by atoms with Gasteiger partial charge in [0.05, 0.1) is 23.0 Å². The molecule has 0 aliphatic heterocycles. The van der Waals surface area contributed by atoms with Crippen LogP contribution in [-0.2, 0) is 17.4 Å². The summed E-state index contributed by atoms with van der Waals surface area (Å²) in [6.45, 7) is 4.13. The fourth-order valence-electron chi connectivity index (χ4n) is 3.50. The maximum Gasteiger partial charge on any atom is 0.416 e. The predicted molar refractivity (Wildman–Crippen MR) is 121 cm³/mol. The molecule has 6 nitrogen and oxygen atoms in total. The standard InChI is InChI=1S/C23H28F3N5O/c1-13(2)21(31-20-8-7-15(10-17(20)27)23(24,25)26)12-30-22(32)18(28)9-14-11-29-19-6-4-3-5-16(14)19/h3-8,10-11,13,18,21,29,31H,9,12,27-28H2,1-2H3,(H,30,32)/t18-,21+/m1/s1. The lowest BCUT2D eigenvalue weighted by Gasteiger charge is -2.25. The van der Waals surface area contributed by atoms with E-state index in [0.29, 0.717) is 12.1 Å². The van der Waals surface area contributed by atoms with Crippen LogP contribution in [0.3, 0.4) is 0 Å². The van der Waals surface area contributed by atoms with Gasteiger partial charge in [0, 0.05) is 29.7 Å². The topological polar surface area (TPSA) is 109 Å². The Kier molecular flexibility index (Phi) is 6.98. The van der Waals surface area contributed by atoms with Crippen LogP contribution in [0.4, 0.5) is 24.5 Å². The first-order chi connectivity index (χ1) is 15.1. The number of nitrogens with one attached hydrogen (secondary N) is 3. The van der Waals surface area contributed by atoms with E-state index in [1.807, 2.05) is 44.3 Å². The minimum absolute atomic E-state index is 0.00663. The quantitative estimate of drug-likeness (QED) is 0.338. The second kappa shape index (κ2) is 9.52. The van der Waals surface area contributed by atoms with Crippen LogP contribution in [0.2, 0.25) is 0 Å². The van der Waals surface area contributed by atoms with Crippen LogP contribution in [0.15, 0.2) is 48.7 Å². The van der Waals surface area contributed by atoms with Crippen molar-refractivity contribution in [3.63, 3.8) is 0 Å². The highest BCUT2D eigenvalue weighted by molar-refractivity contribution is 5.86. The number of aromatic nitrogens is 1. The molecular formula is C23H28F3N5O. The van der Waals surface area contributed by atoms with E-state index < -0.39 is 17.8 Å². The molecule has 1 aromatic heterocycles. The summed E-state index contributed by atoms with van der Waals surface area (Å²) in [5.41, 5.74) is 13.4. The minimum atomic E-state index is -4.46. The number of anilines is 2. The number of hydrogen-bond donors (Lipinski definition) is 5. The lowest BCUT2D eigenvalue weighted by Crippen LogP contribution is -2.47. The SMILES string of the molecule is CC(C)[C@H](CNC(=O)[C@H](N)Cc1c[nH]c2ccccc12)Nc1ccc(C(F)(F)F)cc1N. The Hall–Kier alpha value is -3.20. The summed E-state index contributed by atoms with van der Waals surface area (Å²) in [5, 5.41) is 7.00. The molecule has 172 valence electrons. The van der Waals surface area contributed by atoms with Gasteiger partial charge in [0.15, 0.2) is 0 Å². The van der Waals surface area contributed by atoms with E-state index >= 15 is 0 Å². The molecule has 0 radical (unpaired) electrons. The number of fused-ring (bicyclic) bond motifs is 1. The molecule has 32 heavy (non-hydrogen) atoms. The van der Waals surface area contributed by atoms with E-state index in [0.717, 1.165) is 28.6 Å². The molecule has 0 unspecified atom stereocenters. The molecule has 0 aliphatic carbocycles. The highest BCUT2D eigenvalue weighted by Crippen LogP contribution is 2.33. The number of halogens is 3. The monoisotopic (exact) mass is 447 g/mol. The number of H-pyrrole nitrogens is 1. The average molecular weight is 448 g/mol. The Morgan fingerprint density at radius 2 is 1.88 bits per heavy atom. The van der Waals surface area contributed by atoms with Crippen molar-refractivity contribution in [2.45, 2.75) is 38.5 Å². The van der Waals surface area contributed by atoms with E-state index in [1.54, 1.807) is 0 Å². The lowest BCUT2D eigenvalue weighted by molar-refractivity contribution is -0.137. The number of nitrogens with two attached hydrogens (primary N) is 2. The van der Waals surface area contributed by atoms with Gasteiger partial charge < -0.3 is 27.1 Å². The highest BCUT2D eigenvalue weighted by Gasteiger charge is 2.31. The molecular weight excluding hydrogens is 419 g/mol. The third kappa shape index (κ3) is 5.53. The zero-order valence-electron chi connectivity index (χ0n) is 18.0. The van der Waals surface area contributed by atoms with Crippen molar-refractivity contribution >= 4 is 28.2 Å². The number of nitrogen functional groups attached to an aromatic ring is 1. The predicted octanol–water partition coefficient (Wildman–Crippen LogP) is 3.89. The molecule has 0 bridgehead atoms.